The zero-order valence-corrected chi connectivity index (χ0v) is 12.0. The number of hydrogen-bond donors (Lipinski definition) is 3. The second-order valence-electron chi connectivity index (χ2n) is 5.25. The number of anilines is 2. The molecule has 6 nitrogen and oxygen atoms in total. The van der Waals surface area contributed by atoms with Crippen molar-refractivity contribution < 1.29 is 5.11 Å². The van der Waals surface area contributed by atoms with Crippen molar-refractivity contribution >= 4 is 11.5 Å². The van der Waals surface area contributed by atoms with Crippen molar-refractivity contribution in [2.45, 2.75) is 32.9 Å². The zero-order valence-electron chi connectivity index (χ0n) is 12.0. The molecular formula is C12H25N5O. The lowest BCUT2D eigenvalue weighted by atomic mass is 10.1. The van der Waals surface area contributed by atoms with Crippen molar-refractivity contribution in [3.63, 3.8) is 0 Å². The van der Waals surface area contributed by atoms with Crippen LogP contribution in [0.4, 0.5) is 11.5 Å². The molecular weight excluding hydrogens is 230 g/mol. The summed E-state index contributed by atoms with van der Waals surface area (Å²) >= 11 is 0. The maximum absolute atomic E-state index is 10.2. The number of nitrogens with one attached hydrogen (secondary N) is 1. The van der Waals surface area contributed by atoms with Crippen LogP contribution in [0.5, 0.6) is 0 Å². The lowest BCUT2D eigenvalue weighted by Crippen LogP contribution is -2.43. The van der Waals surface area contributed by atoms with Gasteiger partial charge in [0, 0.05) is 19.6 Å². The normalized spacial score (nSPS) is 14.8. The molecule has 1 aromatic rings. The molecule has 0 amide bonds. The van der Waals surface area contributed by atoms with E-state index in [1.54, 1.807) is 6.92 Å². The van der Waals surface area contributed by atoms with E-state index in [2.05, 4.69) is 10.4 Å². The summed E-state index contributed by atoms with van der Waals surface area (Å²) in [5.74, 6) is 0.786. The average molecular weight is 255 g/mol. The van der Waals surface area contributed by atoms with Gasteiger partial charge in [-0.05, 0) is 34.9 Å². The Morgan fingerprint density at radius 3 is 2.61 bits per heavy atom. The van der Waals surface area contributed by atoms with Gasteiger partial charge in [0.1, 0.15) is 5.82 Å². The third-order valence-electron chi connectivity index (χ3n) is 2.77. The number of nitrogens with two attached hydrogens (primary N) is 1. The van der Waals surface area contributed by atoms with Crippen LogP contribution in [-0.2, 0) is 6.54 Å². The Kier molecular flexibility index (Phi) is 4.59. The van der Waals surface area contributed by atoms with Crippen molar-refractivity contribution in [3.05, 3.63) is 5.69 Å². The summed E-state index contributed by atoms with van der Waals surface area (Å²) in [5.41, 5.74) is 6.62. The average Bonchev–Trinajstić information content (AvgIpc) is 2.50. The summed E-state index contributed by atoms with van der Waals surface area (Å²) in [6, 6.07) is 0. The van der Waals surface area contributed by atoms with Gasteiger partial charge < -0.3 is 21.1 Å². The van der Waals surface area contributed by atoms with E-state index in [0.717, 1.165) is 18.1 Å². The Balaban J connectivity index is 2.74. The number of aryl methyl sites for hydroxylation is 2. The highest BCUT2D eigenvalue weighted by Crippen LogP contribution is 2.22. The van der Waals surface area contributed by atoms with Gasteiger partial charge in [-0.3, -0.25) is 0 Å². The van der Waals surface area contributed by atoms with E-state index < -0.39 is 5.60 Å². The fourth-order valence-electron chi connectivity index (χ4n) is 2.02. The van der Waals surface area contributed by atoms with Gasteiger partial charge in [-0.1, -0.05) is 0 Å². The summed E-state index contributed by atoms with van der Waals surface area (Å²) < 4.78 is 1.82. The van der Waals surface area contributed by atoms with E-state index in [9.17, 15) is 5.11 Å². The quantitative estimate of drug-likeness (QED) is 0.690. The predicted octanol–water partition coefficient (Wildman–Crippen LogP) is 0.518. The molecule has 104 valence electrons. The summed E-state index contributed by atoms with van der Waals surface area (Å²) in [6.07, 6.45) is 0. The Hall–Kier alpha value is -1.27. The van der Waals surface area contributed by atoms with Crippen LogP contribution in [0, 0.1) is 6.92 Å². The van der Waals surface area contributed by atoms with Crippen LogP contribution >= 0.6 is 0 Å². The molecule has 0 aliphatic rings. The highest BCUT2D eigenvalue weighted by Gasteiger charge is 2.22. The first kappa shape index (κ1) is 14.8. The topological polar surface area (TPSA) is 79.3 Å². The molecule has 0 saturated heterocycles. The molecule has 1 atom stereocenters. The number of hydrogen-bond acceptors (Lipinski definition) is 5. The van der Waals surface area contributed by atoms with Gasteiger partial charge in [-0.25, -0.2) is 4.68 Å². The molecule has 0 saturated carbocycles. The Bertz CT molecular complexity index is 397. The van der Waals surface area contributed by atoms with Crippen molar-refractivity contribution in [2.75, 3.05) is 38.2 Å². The Morgan fingerprint density at radius 2 is 2.11 bits per heavy atom. The van der Waals surface area contributed by atoms with E-state index in [4.69, 9.17) is 5.73 Å². The van der Waals surface area contributed by atoms with Gasteiger partial charge in [0.15, 0.2) is 0 Å². The second-order valence-corrected chi connectivity index (χ2v) is 5.25. The van der Waals surface area contributed by atoms with E-state index in [1.165, 1.54) is 0 Å². The molecule has 0 spiro atoms. The van der Waals surface area contributed by atoms with Crippen LogP contribution in [0.3, 0.4) is 0 Å². The van der Waals surface area contributed by atoms with Gasteiger partial charge in [-0.15, -0.1) is 0 Å². The number of nitrogens with zero attached hydrogens (tertiary/aromatic N) is 3. The van der Waals surface area contributed by atoms with Gasteiger partial charge >= 0.3 is 0 Å². The molecule has 1 rings (SSSR count). The lowest BCUT2D eigenvalue weighted by Gasteiger charge is -2.27. The molecule has 0 aliphatic carbocycles. The largest absolute Gasteiger partial charge is 0.394 e. The van der Waals surface area contributed by atoms with Gasteiger partial charge in [0.2, 0.25) is 0 Å². The molecule has 0 fully saturated rings. The van der Waals surface area contributed by atoms with Gasteiger partial charge in [0.05, 0.1) is 17.0 Å². The number of rotatable bonds is 6. The smallest absolute Gasteiger partial charge is 0.148 e. The van der Waals surface area contributed by atoms with Crippen LogP contribution in [0.25, 0.3) is 0 Å². The predicted molar refractivity (Wildman–Crippen MR) is 74.7 cm³/mol. The fraction of sp³-hybridized carbons (Fsp3) is 0.750. The molecule has 6 heteroatoms. The Morgan fingerprint density at radius 1 is 1.50 bits per heavy atom. The summed E-state index contributed by atoms with van der Waals surface area (Å²) in [4.78, 5) is 1.95. The van der Waals surface area contributed by atoms with Crippen molar-refractivity contribution in [2.24, 2.45) is 0 Å². The molecule has 0 aliphatic heterocycles. The highest BCUT2D eigenvalue weighted by atomic mass is 16.3. The number of likely N-dealkylation sites (N-methyl/N-ethyl adjacent to an activating group) is 1. The van der Waals surface area contributed by atoms with Gasteiger partial charge in [-0.2, -0.15) is 5.10 Å². The summed E-state index contributed by atoms with van der Waals surface area (Å²) in [5, 5.41) is 17.8. The molecule has 1 heterocycles. The number of nitrogen functional groups attached to an aromatic ring is 1. The second kappa shape index (κ2) is 5.58. The SMILES string of the molecule is CCn1nc(C)c(N)c1NCC(C)(O)CN(C)C. The van der Waals surface area contributed by atoms with Crippen molar-refractivity contribution in [1.29, 1.82) is 0 Å². The van der Waals surface area contributed by atoms with E-state index in [0.29, 0.717) is 18.8 Å². The maximum atomic E-state index is 10.2. The van der Waals surface area contributed by atoms with Crippen molar-refractivity contribution in [3.8, 4) is 0 Å². The monoisotopic (exact) mass is 255 g/mol. The third kappa shape index (κ3) is 3.61. The van der Waals surface area contributed by atoms with Crippen LogP contribution < -0.4 is 11.1 Å². The minimum atomic E-state index is -0.813. The minimum Gasteiger partial charge on any atom is -0.394 e. The van der Waals surface area contributed by atoms with Gasteiger partial charge in [0.25, 0.3) is 0 Å². The first-order chi connectivity index (χ1) is 8.26. The van der Waals surface area contributed by atoms with E-state index in [-0.39, 0.29) is 0 Å². The summed E-state index contributed by atoms with van der Waals surface area (Å²) in [7, 11) is 3.87. The molecule has 0 aromatic carbocycles. The summed E-state index contributed by atoms with van der Waals surface area (Å²) in [6.45, 7) is 7.45. The zero-order chi connectivity index (χ0) is 13.9. The molecule has 4 N–H and O–H groups in total. The van der Waals surface area contributed by atoms with Crippen molar-refractivity contribution in [1.82, 2.24) is 14.7 Å². The molecule has 0 radical (unpaired) electrons. The molecule has 0 bridgehead atoms. The third-order valence-corrected chi connectivity index (χ3v) is 2.77. The molecule has 18 heavy (non-hydrogen) atoms. The standard InChI is InChI=1S/C12H25N5O/c1-6-17-11(10(13)9(2)15-17)14-7-12(3,18)8-16(4)5/h14,18H,6-8,13H2,1-5H3. The molecule has 1 aromatic heterocycles. The lowest BCUT2D eigenvalue weighted by molar-refractivity contribution is 0.0458. The first-order valence-electron chi connectivity index (χ1n) is 6.20. The highest BCUT2D eigenvalue weighted by molar-refractivity contribution is 5.64. The fourth-order valence-corrected chi connectivity index (χ4v) is 2.02. The minimum absolute atomic E-state index is 0.431. The van der Waals surface area contributed by atoms with E-state index >= 15 is 0 Å². The van der Waals surface area contributed by atoms with E-state index in [1.807, 2.05) is 37.5 Å². The van der Waals surface area contributed by atoms with Crippen LogP contribution in [0.1, 0.15) is 19.5 Å². The molecule has 1 unspecified atom stereocenters. The number of aromatic nitrogens is 2. The number of aliphatic hydroxyl groups is 1. The maximum Gasteiger partial charge on any atom is 0.148 e. The van der Waals surface area contributed by atoms with Crippen LogP contribution in [-0.4, -0.2) is 52.6 Å². The van der Waals surface area contributed by atoms with Crippen LogP contribution in [0.15, 0.2) is 0 Å². The first-order valence-corrected chi connectivity index (χ1v) is 6.20. The Labute approximate surface area is 109 Å². The van der Waals surface area contributed by atoms with Crippen LogP contribution in [0.2, 0.25) is 0 Å².